The molecule has 2 aromatic carbocycles. The SMILES string of the molecule is CC1O[C@H](c2ccc([N+](=O)[O-])cc2)OC[C@H]1NC(=O)c1ccccc1. The molecule has 130 valence electrons. The first kappa shape index (κ1) is 17.1. The molecule has 1 aliphatic heterocycles. The molecule has 0 aromatic heterocycles. The van der Waals surface area contributed by atoms with Crippen LogP contribution in [0.2, 0.25) is 0 Å². The first-order chi connectivity index (χ1) is 12.0. The number of nitrogens with one attached hydrogen (secondary N) is 1. The predicted octanol–water partition coefficient (Wildman–Crippen LogP) is 2.83. The molecule has 7 nitrogen and oxygen atoms in total. The van der Waals surface area contributed by atoms with Crippen LogP contribution in [0.3, 0.4) is 0 Å². The van der Waals surface area contributed by atoms with Gasteiger partial charge in [-0.2, -0.15) is 0 Å². The molecule has 0 saturated carbocycles. The highest BCUT2D eigenvalue weighted by Crippen LogP contribution is 2.27. The molecular weight excluding hydrogens is 324 g/mol. The molecule has 3 atom stereocenters. The van der Waals surface area contributed by atoms with Gasteiger partial charge in [0.05, 0.1) is 23.7 Å². The number of rotatable bonds is 4. The Bertz CT molecular complexity index is 748. The van der Waals surface area contributed by atoms with E-state index in [1.54, 1.807) is 36.4 Å². The highest BCUT2D eigenvalue weighted by atomic mass is 16.7. The van der Waals surface area contributed by atoms with Gasteiger partial charge in [-0.1, -0.05) is 18.2 Å². The summed E-state index contributed by atoms with van der Waals surface area (Å²) in [4.78, 5) is 22.5. The van der Waals surface area contributed by atoms with E-state index in [2.05, 4.69) is 5.32 Å². The second-order valence-electron chi connectivity index (χ2n) is 5.80. The largest absolute Gasteiger partial charge is 0.346 e. The zero-order valence-corrected chi connectivity index (χ0v) is 13.6. The molecule has 0 spiro atoms. The Kier molecular flexibility index (Phi) is 5.06. The summed E-state index contributed by atoms with van der Waals surface area (Å²) in [5, 5.41) is 13.6. The third kappa shape index (κ3) is 4.01. The Hall–Kier alpha value is -2.77. The average Bonchev–Trinajstić information content (AvgIpc) is 2.64. The second-order valence-corrected chi connectivity index (χ2v) is 5.80. The number of non-ortho nitro benzene ring substituents is 1. The first-order valence-electron chi connectivity index (χ1n) is 7.92. The van der Waals surface area contributed by atoms with Crippen molar-refractivity contribution in [2.24, 2.45) is 0 Å². The third-order valence-electron chi connectivity index (χ3n) is 4.06. The maximum atomic E-state index is 12.2. The van der Waals surface area contributed by atoms with Crippen LogP contribution in [0.1, 0.15) is 29.1 Å². The van der Waals surface area contributed by atoms with E-state index in [4.69, 9.17) is 9.47 Å². The number of benzene rings is 2. The number of hydrogen-bond donors (Lipinski definition) is 1. The maximum Gasteiger partial charge on any atom is 0.269 e. The van der Waals surface area contributed by atoms with Crippen LogP contribution in [-0.4, -0.2) is 29.6 Å². The zero-order valence-electron chi connectivity index (χ0n) is 13.6. The summed E-state index contributed by atoms with van der Waals surface area (Å²) in [5.74, 6) is -0.182. The van der Waals surface area contributed by atoms with Crippen molar-refractivity contribution >= 4 is 11.6 Å². The van der Waals surface area contributed by atoms with Crippen molar-refractivity contribution in [3.05, 3.63) is 75.8 Å². The summed E-state index contributed by atoms with van der Waals surface area (Å²) in [6.45, 7) is 2.15. The number of nitro groups is 1. The number of nitro benzene ring substituents is 1. The van der Waals surface area contributed by atoms with Crippen LogP contribution in [-0.2, 0) is 9.47 Å². The Morgan fingerprint density at radius 1 is 1.16 bits per heavy atom. The van der Waals surface area contributed by atoms with E-state index in [9.17, 15) is 14.9 Å². The van der Waals surface area contributed by atoms with Gasteiger partial charge in [-0.25, -0.2) is 0 Å². The van der Waals surface area contributed by atoms with Gasteiger partial charge in [0.25, 0.3) is 11.6 Å². The molecule has 1 saturated heterocycles. The molecule has 0 aliphatic carbocycles. The summed E-state index contributed by atoms with van der Waals surface area (Å²) in [7, 11) is 0. The minimum atomic E-state index is -0.610. The monoisotopic (exact) mass is 342 g/mol. The molecule has 2 aromatic rings. The lowest BCUT2D eigenvalue weighted by molar-refractivity contribution is -0.384. The van der Waals surface area contributed by atoms with E-state index >= 15 is 0 Å². The molecule has 25 heavy (non-hydrogen) atoms. The standard InChI is InChI=1S/C18H18N2O5/c1-12-16(19-17(21)13-5-3-2-4-6-13)11-24-18(25-12)14-7-9-15(10-8-14)20(22)23/h2-10,12,16,18H,11H2,1H3,(H,19,21)/t12?,16-,18-/m1/s1. The summed E-state index contributed by atoms with van der Waals surface area (Å²) >= 11 is 0. The van der Waals surface area contributed by atoms with Crippen molar-refractivity contribution < 1.29 is 19.2 Å². The molecule has 1 N–H and O–H groups in total. The molecule has 1 aliphatic rings. The Labute approximate surface area is 144 Å². The van der Waals surface area contributed by atoms with Crippen LogP contribution in [0.15, 0.2) is 54.6 Å². The molecule has 0 bridgehead atoms. The van der Waals surface area contributed by atoms with E-state index in [1.165, 1.54) is 12.1 Å². The molecule has 7 heteroatoms. The number of nitrogens with zero attached hydrogens (tertiary/aromatic N) is 1. The number of hydrogen-bond acceptors (Lipinski definition) is 5. The topological polar surface area (TPSA) is 90.7 Å². The van der Waals surface area contributed by atoms with Crippen molar-refractivity contribution in [1.82, 2.24) is 5.32 Å². The summed E-state index contributed by atoms with van der Waals surface area (Å²) in [5.41, 5.74) is 1.29. The Morgan fingerprint density at radius 2 is 1.84 bits per heavy atom. The van der Waals surface area contributed by atoms with Gasteiger partial charge in [0.2, 0.25) is 0 Å². The molecule has 1 heterocycles. The van der Waals surface area contributed by atoms with Crippen molar-refractivity contribution in [2.75, 3.05) is 6.61 Å². The third-order valence-corrected chi connectivity index (χ3v) is 4.06. The van der Waals surface area contributed by atoms with Gasteiger partial charge in [0.1, 0.15) is 0 Å². The van der Waals surface area contributed by atoms with Crippen molar-refractivity contribution in [3.63, 3.8) is 0 Å². The van der Waals surface area contributed by atoms with Gasteiger partial charge >= 0.3 is 0 Å². The fourth-order valence-corrected chi connectivity index (χ4v) is 2.58. The molecule has 1 fully saturated rings. The zero-order chi connectivity index (χ0) is 17.8. The smallest absolute Gasteiger partial charge is 0.269 e. The Morgan fingerprint density at radius 3 is 2.44 bits per heavy atom. The highest BCUT2D eigenvalue weighted by Gasteiger charge is 2.31. The lowest BCUT2D eigenvalue weighted by Crippen LogP contribution is -2.50. The van der Waals surface area contributed by atoms with Crippen LogP contribution >= 0.6 is 0 Å². The molecular formula is C18H18N2O5. The van der Waals surface area contributed by atoms with E-state index < -0.39 is 11.2 Å². The lowest BCUT2D eigenvalue weighted by atomic mass is 10.1. The number of carbonyl (C=O) groups excluding carboxylic acids is 1. The fraction of sp³-hybridized carbons (Fsp3) is 0.278. The second kappa shape index (κ2) is 7.42. The summed E-state index contributed by atoms with van der Waals surface area (Å²) in [6, 6.07) is 14.7. The van der Waals surface area contributed by atoms with Crippen LogP contribution < -0.4 is 5.32 Å². The van der Waals surface area contributed by atoms with E-state index in [0.29, 0.717) is 17.7 Å². The first-order valence-corrected chi connectivity index (χ1v) is 7.92. The predicted molar refractivity (Wildman–Crippen MR) is 90.0 cm³/mol. The fourth-order valence-electron chi connectivity index (χ4n) is 2.58. The quantitative estimate of drug-likeness (QED) is 0.681. The van der Waals surface area contributed by atoms with Gasteiger partial charge in [-0.3, -0.25) is 14.9 Å². The lowest BCUT2D eigenvalue weighted by Gasteiger charge is -2.35. The summed E-state index contributed by atoms with van der Waals surface area (Å²) in [6.07, 6.45) is -0.873. The Balaban J connectivity index is 1.60. The van der Waals surface area contributed by atoms with Crippen LogP contribution in [0.25, 0.3) is 0 Å². The minimum Gasteiger partial charge on any atom is -0.346 e. The summed E-state index contributed by atoms with van der Waals surface area (Å²) < 4.78 is 11.5. The van der Waals surface area contributed by atoms with Crippen molar-refractivity contribution in [2.45, 2.75) is 25.4 Å². The van der Waals surface area contributed by atoms with Gasteiger partial charge in [0, 0.05) is 23.3 Å². The van der Waals surface area contributed by atoms with Crippen LogP contribution in [0.4, 0.5) is 5.69 Å². The van der Waals surface area contributed by atoms with Gasteiger partial charge < -0.3 is 14.8 Å². The molecule has 1 amide bonds. The highest BCUT2D eigenvalue weighted by molar-refractivity contribution is 5.94. The van der Waals surface area contributed by atoms with Crippen LogP contribution in [0, 0.1) is 10.1 Å². The van der Waals surface area contributed by atoms with Crippen LogP contribution in [0.5, 0.6) is 0 Å². The molecule has 1 unspecified atom stereocenters. The van der Waals surface area contributed by atoms with Gasteiger partial charge in [-0.05, 0) is 31.2 Å². The number of ether oxygens (including phenoxy) is 2. The molecule has 0 radical (unpaired) electrons. The van der Waals surface area contributed by atoms with Gasteiger partial charge in [-0.15, -0.1) is 0 Å². The maximum absolute atomic E-state index is 12.2. The van der Waals surface area contributed by atoms with Gasteiger partial charge in [0.15, 0.2) is 6.29 Å². The number of amides is 1. The van der Waals surface area contributed by atoms with E-state index in [0.717, 1.165) is 0 Å². The average molecular weight is 342 g/mol. The number of carbonyl (C=O) groups is 1. The van der Waals surface area contributed by atoms with Crippen molar-refractivity contribution in [1.29, 1.82) is 0 Å². The molecule has 3 rings (SSSR count). The minimum absolute atomic E-state index is 0.0145. The normalized spacial score (nSPS) is 23.0. The van der Waals surface area contributed by atoms with E-state index in [-0.39, 0.29) is 23.7 Å². The van der Waals surface area contributed by atoms with Crippen molar-refractivity contribution in [3.8, 4) is 0 Å². The van der Waals surface area contributed by atoms with E-state index in [1.807, 2.05) is 13.0 Å².